The van der Waals surface area contributed by atoms with E-state index in [1.165, 1.54) is 12.8 Å². The molecule has 0 aromatic heterocycles. The molecule has 7 nitrogen and oxygen atoms in total. The van der Waals surface area contributed by atoms with Crippen molar-refractivity contribution in [3.8, 4) is 11.5 Å². The molecule has 172 valence electrons. The molecule has 1 atom stereocenters. The van der Waals surface area contributed by atoms with E-state index < -0.39 is 0 Å². The highest BCUT2D eigenvalue weighted by Gasteiger charge is 2.37. The molecule has 1 aliphatic carbocycles. The van der Waals surface area contributed by atoms with Crippen molar-refractivity contribution in [3.05, 3.63) is 18.2 Å². The first kappa shape index (κ1) is 23.4. The minimum atomic E-state index is -0.169. The standard InChI is InChI=1S/C24H37N3O4/c1-17(2)15-22(28)26-11-13-27(14-12-26)23(18-7-5-6-8-18)24(29)25-19-9-10-20(30-3)21(16-19)31-4/h9-10,16-18,23H,5-8,11-15H2,1-4H3,(H,25,29)/t23-/m0/s1. The van der Waals surface area contributed by atoms with Gasteiger partial charge in [-0.2, -0.15) is 0 Å². The minimum Gasteiger partial charge on any atom is -0.493 e. The zero-order valence-corrected chi connectivity index (χ0v) is 19.4. The van der Waals surface area contributed by atoms with E-state index >= 15 is 0 Å². The number of hydrogen-bond acceptors (Lipinski definition) is 5. The second-order valence-electron chi connectivity index (χ2n) is 9.06. The molecule has 1 saturated heterocycles. The Morgan fingerprint density at radius 1 is 1.03 bits per heavy atom. The normalized spacial score (nSPS) is 18.8. The molecule has 1 aliphatic heterocycles. The Bertz CT molecular complexity index is 753. The molecular weight excluding hydrogens is 394 g/mol. The first-order valence-electron chi connectivity index (χ1n) is 11.5. The van der Waals surface area contributed by atoms with Crippen molar-refractivity contribution < 1.29 is 19.1 Å². The lowest BCUT2D eigenvalue weighted by Crippen LogP contribution is -2.57. The fourth-order valence-electron chi connectivity index (χ4n) is 4.81. The quantitative estimate of drug-likeness (QED) is 0.683. The summed E-state index contributed by atoms with van der Waals surface area (Å²) >= 11 is 0. The maximum Gasteiger partial charge on any atom is 0.242 e. The van der Waals surface area contributed by atoms with E-state index in [9.17, 15) is 9.59 Å². The molecule has 0 unspecified atom stereocenters. The summed E-state index contributed by atoms with van der Waals surface area (Å²) in [5.74, 6) is 2.20. The Hall–Kier alpha value is -2.28. The number of piperazine rings is 1. The van der Waals surface area contributed by atoms with Crippen LogP contribution in [-0.4, -0.2) is 68.1 Å². The highest BCUT2D eigenvalue weighted by atomic mass is 16.5. The molecule has 0 radical (unpaired) electrons. The van der Waals surface area contributed by atoms with E-state index in [4.69, 9.17) is 9.47 Å². The molecule has 2 amide bonds. The number of anilines is 1. The summed E-state index contributed by atoms with van der Waals surface area (Å²) < 4.78 is 10.7. The average molecular weight is 432 g/mol. The summed E-state index contributed by atoms with van der Waals surface area (Å²) in [5.41, 5.74) is 0.705. The van der Waals surface area contributed by atoms with Gasteiger partial charge in [-0.05, 0) is 36.8 Å². The van der Waals surface area contributed by atoms with Crippen LogP contribution in [0, 0.1) is 11.8 Å². The third kappa shape index (κ3) is 5.91. The number of amides is 2. The Balaban J connectivity index is 1.68. The highest BCUT2D eigenvalue weighted by molar-refractivity contribution is 5.95. The van der Waals surface area contributed by atoms with Gasteiger partial charge in [-0.3, -0.25) is 14.5 Å². The third-order valence-corrected chi connectivity index (χ3v) is 6.41. The van der Waals surface area contributed by atoms with Crippen molar-refractivity contribution in [2.24, 2.45) is 11.8 Å². The molecule has 3 rings (SSSR count). The number of carbonyl (C=O) groups excluding carboxylic acids is 2. The molecule has 31 heavy (non-hydrogen) atoms. The van der Waals surface area contributed by atoms with Gasteiger partial charge in [-0.1, -0.05) is 26.7 Å². The van der Waals surface area contributed by atoms with E-state index in [0.29, 0.717) is 48.5 Å². The summed E-state index contributed by atoms with van der Waals surface area (Å²) in [6.45, 7) is 7.01. The highest BCUT2D eigenvalue weighted by Crippen LogP contribution is 2.33. The van der Waals surface area contributed by atoms with Crippen molar-refractivity contribution in [1.29, 1.82) is 0 Å². The third-order valence-electron chi connectivity index (χ3n) is 6.41. The number of methoxy groups -OCH3 is 2. The van der Waals surface area contributed by atoms with Crippen LogP contribution in [0.3, 0.4) is 0 Å². The molecule has 1 aromatic carbocycles. The summed E-state index contributed by atoms with van der Waals surface area (Å²) in [4.78, 5) is 30.1. The van der Waals surface area contributed by atoms with E-state index in [1.54, 1.807) is 26.4 Å². The summed E-state index contributed by atoms with van der Waals surface area (Å²) in [6.07, 6.45) is 5.11. The van der Waals surface area contributed by atoms with E-state index in [-0.39, 0.29) is 17.9 Å². The second-order valence-corrected chi connectivity index (χ2v) is 9.06. The van der Waals surface area contributed by atoms with Crippen molar-refractivity contribution >= 4 is 17.5 Å². The zero-order chi connectivity index (χ0) is 22.4. The Morgan fingerprint density at radius 2 is 1.68 bits per heavy atom. The van der Waals surface area contributed by atoms with Gasteiger partial charge in [0.2, 0.25) is 11.8 Å². The lowest BCUT2D eigenvalue weighted by Gasteiger charge is -2.41. The summed E-state index contributed by atoms with van der Waals surface area (Å²) in [6, 6.07) is 5.27. The van der Waals surface area contributed by atoms with Gasteiger partial charge in [0.15, 0.2) is 11.5 Å². The molecule has 1 heterocycles. The monoisotopic (exact) mass is 431 g/mol. The number of nitrogens with one attached hydrogen (secondary N) is 1. The van der Waals surface area contributed by atoms with E-state index in [2.05, 4.69) is 24.1 Å². The van der Waals surface area contributed by atoms with Gasteiger partial charge in [-0.15, -0.1) is 0 Å². The SMILES string of the molecule is COc1ccc(NC(=O)[C@H](C2CCCC2)N2CCN(C(=O)CC(C)C)CC2)cc1OC. The van der Waals surface area contributed by atoms with Crippen LogP contribution in [0.5, 0.6) is 11.5 Å². The van der Waals surface area contributed by atoms with Crippen LogP contribution in [0.15, 0.2) is 18.2 Å². The van der Waals surface area contributed by atoms with Crippen LogP contribution in [0.25, 0.3) is 0 Å². The molecule has 2 fully saturated rings. The molecule has 1 N–H and O–H groups in total. The van der Waals surface area contributed by atoms with Crippen LogP contribution < -0.4 is 14.8 Å². The van der Waals surface area contributed by atoms with Crippen LogP contribution in [0.2, 0.25) is 0 Å². The molecule has 1 saturated carbocycles. The lowest BCUT2D eigenvalue weighted by molar-refractivity contribution is -0.135. The van der Waals surface area contributed by atoms with Crippen molar-refractivity contribution in [1.82, 2.24) is 9.80 Å². The van der Waals surface area contributed by atoms with Gasteiger partial charge in [0.25, 0.3) is 0 Å². The predicted octanol–water partition coefficient (Wildman–Crippen LogP) is 3.39. The predicted molar refractivity (Wildman–Crippen MR) is 122 cm³/mol. The molecule has 7 heteroatoms. The second kappa shape index (κ2) is 10.8. The van der Waals surface area contributed by atoms with Crippen LogP contribution >= 0.6 is 0 Å². The van der Waals surface area contributed by atoms with Crippen LogP contribution in [0.4, 0.5) is 5.69 Å². The number of nitrogens with zero attached hydrogens (tertiary/aromatic N) is 2. The fourth-order valence-corrected chi connectivity index (χ4v) is 4.81. The Kier molecular flexibility index (Phi) is 8.18. The van der Waals surface area contributed by atoms with Gasteiger partial charge in [-0.25, -0.2) is 0 Å². The fraction of sp³-hybridized carbons (Fsp3) is 0.667. The van der Waals surface area contributed by atoms with Crippen molar-refractivity contribution in [2.75, 3.05) is 45.7 Å². The molecule has 2 aliphatic rings. The Labute approximate surface area is 186 Å². The first-order chi connectivity index (χ1) is 14.9. The number of carbonyl (C=O) groups is 2. The Morgan fingerprint density at radius 3 is 2.26 bits per heavy atom. The van der Waals surface area contributed by atoms with Gasteiger partial charge < -0.3 is 19.7 Å². The number of benzene rings is 1. The molecule has 1 aromatic rings. The van der Waals surface area contributed by atoms with Gasteiger partial charge in [0.05, 0.1) is 20.3 Å². The van der Waals surface area contributed by atoms with Crippen LogP contribution in [0.1, 0.15) is 46.0 Å². The number of rotatable bonds is 8. The smallest absolute Gasteiger partial charge is 0.242 e. The molecule has 0 bridgehead atoms. The van der Waals surface area contributed by atoms with Gasteiger partial charge in [0.1, 0.15) is 0 Å². The van der Waals surface area contributed by atoms with Crippen molar-refractivity contribution in [2.45, 2.75) is 52.0 Å². The average Bonchev–Trinajstić information content (AvgIpc) is 3.28. The van der Waals surface area contributed by atoms with Crippen LogP contribution in [-0.2, 0) is 9.59 Å². The summed E-state index contributed by atoms with van der Waals surface area (Å²) in [7, 11) is 3.18. The number of hydrogen-bond donors (Lipinski definition) is 1. The molecule has 0 spiro atoms. The van der Waals surface area contributed by atoms with Gasteiger partial charge >= 0.3 is 0 Å². The van der Waals surface area contributed by atoms with Gasteiger partial charge in [0, 0.05) is 44.4 Å². The van der Waals surface area contributed by atoms with E-state index in [1.807, 2.05) is 11.0 Å². The largest absolute Gasteiger partial charge is 0.493 e. The van der Waals surface area contributed by atoms with E-state index in [0.717, 1.165) is 25.9 Å². The maximum atomic E-state index is 13.4. The first-order valence-corrected chi connectivity index (χ1v) is 11.5. The van der Waals surface area contributed by atoms with Crippen molar-refractivity contribution in [3.63, 3.8) is 0 Å². The molecular formula is C24H37N3O4. The summed E-state index contributed by atoms with van der Waals surface area (Å²) in [5, 5.41) is 3.11. The maximum absolute atomic E-state index is 13.4. The topological polar surface area (TPSA) is 71.1 Å². The lowest BCUT2D eigenvalue weighted by atomic mass is 9.94. The minimum absolute atomic E-state index is 0.0288. The zero-order valence-electron chi connectivity index (χ0n) is 19.4. The number of ether oxygens (including phenoxy) is 2.